The number of methoxy groups -OCH3 is 1. The highest BCUT2D eigenvalue weighted by Gasteiger charge is 2.31. The quantitative estimate of drug-likeness (QED) is 0.547. The number of hydrogen-bond donors (Lipinski definition) is 1. The number of nitrogens with zero attached hydrogens (tertiary/aromatic N) is 2. The number of carbonyl (C=O) groups excluding carboxylic acids is 1. The van der Waals surface area contributed by atoms with Gasteiger partial charge in [0.2, 0.25) is 10.0 Å². The van der Waals surface area contributed by atoms with Crippen LogP contribution in [0, 0.1) is 11.8 Å². The van der Waals surface area contributed by atoms with Gasteiger partial charge in [0.1, 0.15) is 11.3 Å². The van der Waals surface area contributed by atoms with Crippen molar-refractivity contribution < 1.29 is 17.9 Å². The lowest BCUT2D eigenvalue weighted by Crippen LogP contribution is -2.42. The van der Waals surface area contributed by atoms with Crippen LogP contribution in [0.2, 0.25) is 5.02 Å². The Bertz CT molecular complexity index is 1250. The molecule has 1 aromatic heterocycles. The van der Waals surface area contributed by atoms with Gasteiger partial charge in [-0.2, -0.15) is 4.31 Å². The van der Waals surface area contributed by atoms with Gasteiger partial charge in [-0.3, -0.25) is 10.1 Å². The van der Waals surface area contributed by atoms with Gasteiger partial charge in [-0.1, -0.05) is 36.8 Å². The fraction of sp³-hybridized carbons (Fsp3) is 0.364. The molecule has 2 aromatic carbocycles. The van der Waals surface area contributed by atoms with E-state index in [1.807, 2.05) is 0 Å². The predicted octanol–water partition coefficient (Wildman–Crippen LogP) is 4.88. The number of anilines is 1. The number of nitrogens with one attached hydrogen (secondary N) is 1. The minimum absolute atomic E-state index is 0.187. The van der Waals surface area contributed by atoms with E-state index in [0.717, 1.165) is 6.42 Å². The second-order valence-electron chi connectivity index (χ2n) is 8.19. The van der Waals surface area contributed by atoms with Crippen LogP contribution >= 0.6 is 22.9 Å². The molecule has 0 saturated carbocycles. The number of halogens is 1. The molecule has 10 heteroatoms. The minimum Gasteiger partial charge on any atom is -0.494 e. The van der Waals surface area contributed by atoms with Gasteiger partial charge >= 0.3 is 0 Å². The lowest BCUT2D eigenvalue weighted by atomic mass is 9.94. The Balaban J connectivity index is 1.52. The number of benzene rings is 2. The highest BCUT2D eigenvalue weighted by molar-refractivity contribution is 7.89. The Morgan fingerprint density at radius 1 is 1.16 bits per heavy atom. The van der Waals surface area contributed by atoms with Gasteiger partial charge < -0.3 is 4.74 Å². The summed E-state index contributed by atoms with van der Waals surface area (Å²) in [7, 11) is -2.05. The van der Waals surface area contributed by atoms with Crippen LogP contribution in [0.5, 0.6) is 5.75 Å². The molecular weight excluding hydrogens is 470 g/mol. The molecule has 2 atom stereocenters. The summed E-state index contributed by atoms with van der Waals surface area (Å²) in [6.45, 7) is 5.16. The molecule has 2 heterocycles. The van der Waals surface area contributed by atoms with Crippen molar-refractivity contribution in [3.8, 4) is 5.75 Å². The van der Waals surface area contributed by atoms with E-state index in [9.17, 15) is 13.2 Å². The number of amides is 1. The molecule has 1 amide bonds. The average Bonchev–Trinajstić information content (AvgIpc) is 3.18. The van der Waals surface area contributed by atoms with Crippen LogP contribution in [-0.2, 0) is 10.0 Å². The zero-order chi connectivity index (χ0) is 23.0. The number of hydrogen-bond acceptors (Lipinski definition) is 6. The SMILES string of the molecule is COc1ccc(Cl)c2sc(NC(=O)c3ccc(S(=O)(=O)N4CC(C)CC(C)C4)cc3)nc12. The fourth-order valence-electron chi connectivity index (χ4n) is 4.07. The van der Waals surface area contributed by atoms with Crippen LogP contribution in [0.3, 0.4) is 0 Å². The molecule has 1 aliphatic rings. The van der Waals surface area contributed by atoms with Gasteiger partial charge in [-0.15, -0.1) is 0 Å². The van der Waals surface area contributed by atoms with Crippen molar-refractivity contribution in [2.24, 2.45) is 11.8 Å². The van der Waals surface area contributed by atoms with E-state index < -0.39 is 10.0 Å². The summed E-state index contributed by atoms with van der Waals surface area (Å²) in [6, 6.07) is 9.42. The van der Waals surface area contributed by atoms with Crippen molar-refractivity contribution in [3.05, 3.63) is 47.0 Å². The van der Waals surface area contributed by atoms with E-state index >= 15 is 0 Å². The number of rotatable bonds is 5. The van der Waals surface area contributed by atoms with Gasteiger partial charge in [0.05, 0.1) is 21.7 Å². The van der Waals surface area contributed by atoms with Crippen molar-refractivity contribution in [2.45, 2.75) is 25.2 Å². The lowest BCUT2D eigenvalue weighted by Gasteiger charge is -2.34. The minimum atomic E-state index is -3.60. The largest absolute Gasteiger partial charge is 0.494 e. The molecule has 170 valence electrons. The van der Waals surface area contributed by atoms with Crippen LogP contribution in [0.4, 0.5) is 5.13 Å². The van der Waals surface area contributed by atoms with Gasteiger partial charge in [0.25, 0.3) is 5.91 Å². The summed E-state index contributed by atoms with van der Waals surface area (Å²) in [5.41, 5.74) is 0.911. The van der Waals surface area contributed by atoms with Crippen molar-refractivity contribution in [2.75, 3.05) is 25.5 Å². The van der Waals surface area contributed by atoms with Crippen molar-refractivity contribution in [1.29, 1.82) is 0 Å². The number of thiazole rings is 1. The Kier molecular flexibility index (Phi) is 6.44. The number of ether oxygens (including phenoxy) is 1. The second kappa shape index (κ2) is 8.97. The molecule has 32 heavy (non-hydrogen) atoms. The van der Waals surface area contributed by atoms with Crippen LogP contribution in [0.1, 0.15) is 30.6 Å². The highest BCUT2D eigenvalue weighted by atomic mass is 35.5. The maximum absolute atomic E-state index is 13.0. The van der Waals surface area contributed by atoms with E-state index in [-0.39, 0.29) is 10.8 Å². The van der Waals surface area contributed by atoms with Gasteiger partial charge in [0.15, 0.2) is 5.13 Å². The second-order valence-corrected chi connectivity index (χ2v) is 11.5. The smallest absolute Gasteiger partial charge is 0.257 e. The summed E-state index contributed by atoms with van der Waals surface area (Å²) in [5.74, 6) is 0.819. The summed E-state index contributed by atoms with van der Waals surface area (Å²) in [6.07, 6.45) is 1.02. The molecule has 1 N–H and O–H groups in total. The Morgan fingerprint density at radius 3 is 2.44 bits per heavy atom. The van der Waals surface area contributed by atoms with Crippen molar-refractivity contribution in [3.63, 3.8) is 0 Å². The Labute approximate surface area is 196 Å². The first-order valence-electron chi connectivity index (χ1n) is 10.2. The number of carbonyl (C=O) groups is 1. The zero-order valence-corrected chi connectivity index (χ0v) is 20.4. The topological polar surface area (TPSA) is 88.6 Å². The van der Waals surface area contributed by atoms with Crippen LogP contribution in [0.15, 0.2) is 41.3 Å². The molecule has 0 radical (unpaired) electrons. The first kappa shape index (κ1) is 23.0. The number of piperidine rings is 1. The van der Waals surface area contributed by atoms with Crippen molar-refractivity contribution in [1.82, 2.24) is 9.29 Å². The summed E-state index contributed by atoms with van der Waals surface area (Å²) in [5, 5.41) is 3.66. The standard InChI is InChI=1S/C22H24ClN3O4S2/c1-13-10-14(2)12-26(11-13)32(28,29)16-6-4-15(5-7-16)21(27)25-22-24-19-18(30-3)9-8-17(23)20(19)31-22/h4-9,13-14H,10-12H2,1-3H3,(H,24,25,27). The van der Waals surface area contributed by atoms with E-state index in [2.05, 4.69) is 24.1 Å². The van der Waals surface area contributed by atoms with Crippen LogP contribution in [-0.4, -0.2) is 43.8 Å². The normalized spacial score (nSPS) is 19.8. The molecule has 7 nitrogen and oxygen atoms in total. The Hall–Kier alpha value is -2.20. The van der Waals surface area contributed by atoms with E-state index in [4.69, 9.17) is 16.3 Å². The molecule has 4 rings (SSSR count). The van der Waals surface area contributed by atoms with Gasteiger partial charge in [-0.25, -0.2) is 13.4 Å². The third kappa shape index (κ3) is 4.47. The van der Waals surface area contributed by atoms with Crippen molar-refractivity contribution >= 4 is 54.2 Å². The molecule has 0 spiro atoms. The molecule has 2 unspecified atom stereocenters. The van der Waals surface area contributed by atoms with Crippen LogP contribution in [0.25, 0.3) is 10.2 Å². The summed E-state index contributed by atoms with van der Waals surface area (Å²) in [4.78, 5) is 17.3. The fourth-order valence-corrected chi connectivity index (χ4v) is 6.90. The first-order chi connectivity index (χ1) is 15.2. The maximum atomic E-state index is 13.0. The molecule has 3 aromatic rings. The highest BCUT2D eigenvalue weighted by Crippen LogP contribution is 2.37. The molecule has 1 aliphatic heterocycles. The predicted molar refractivity (Wildman–Crippen MR) is 127 cm³/mol. The van der Waals surface area contributed by atoms with E-state index in [1.165, 1.54) is 35.6 Å². The monoisotopic (exact) mass is 493 g/mol. The Morgan fingerprint density at radius 2 is 1.81 bits per heavy atom. The number of sulfonamides is 1. The van der Waals surface area contributed by atoms with Gasteiger partial charge in [-0.05, 0) is 54.7 Å². The summed E-state index contributed by atoms with van der Waals surface area (Å²) >= 11 is 7.48. The van der Waals surface area contributed by atoms with E-state index in [1.54, 1.807) is 23.5 Å². The molecule has 0 aliphatic carbocycles. The zero-order valence-electron chi connectivity index (χ0n) is 18.0. The summed E-state index contributed by atoms with van der Waals surface area (Å²) < 4.78 is 33.6. The molecule has 1 fully saturated rings. The molecule has 0 bridgehead atoms. The lowest BCUT2D eigenvalue weighted by molar-refractivity contribution is 0.102. The van der Waals surface area contributed by atoms with E-state index in [0.29, 0.717) is 56.6 Å². The van der Waals surface area contributed by atoms with Gasteiger partial charge in [0, 0.05) is 18.7 Å². The molecule has 1 saturated heterocycles. The van der Waals surface area contributed by atoms with Crippen LogP contribution < -0.4 is 10.1 Å². The number of fused-ring (bicyclic) bond motifs is 1. The third-order valence-electron chi connectivity index (χ3n) is 5.49. The first-order valence-corrected chi connectivity index (χ1v) is 12.9. The maximum Gasteiger partial charge on any atom is 0.257 e. The third-order valence-corrected chi connectivity index (χ3v) is 8.77. The average molecular weight is 494 g/mol. The molecular formula is C22H24ClN3O4S2. The number of aromatic nitrogens is 1.